The van der Waals surface area contributed by atoms with E-state index < -0.39 is 11.8 Å². The normalized spacial score (nSPS) is 10.3. The molecule has 0 bridgehead atoms. The third kappa shape index (κ3) is 4.07. The maximum Gasteiger partial charge on any atom is 0.323 e. The van der Waals surface area contributed by atoms with Crippen molar-refractivity contribution in [3.05, 3.63) is 57.8 Å². The number of rotatable bonds is 3. The van der Waals surface area contributed by atoms with Crippen LogP contribution in [0.15, 0.2) is 36.4 Å². The molecule has 0 aliphatic rings. The van der Waals surface area contributed by atoms with E-state index in [9.17, 15) is 14.3 Å². The summed E-state index contributed by atoms with van der Waals surface area (Å²) in [6.07, 6.45) is 0. The van der Waals surface area contributed by atoms with Gasteiger partial charge < -0.3 is 15.7 Å². The molecule has 7 heteroatoms. The number of urea groups is 1. The Balaban J connectivity index is 2.13. The molecule has 2 aromatic carbocycles. The van der Waals surface area contributed by atoms with Crippen LogP contribution < -0.4 is 10.6 Å². The Bertz CT molecular complexity index is 660. The minimum atomic E-state index is -0.603. The average Bonchev–Trinajstić information content (AvgIpc) is 2.37. The van der Waals surface area contributed by atoms with Crippen LogP contribution in [-0.2, 0) is 6.61 Å². The van der Waals surface area contributed by atoms with Crippen LogP contribution in [0.3, 0.4) is 0 Å². The summed E-state index contributed by atoms with van der Waals surface area (Å²) in [5.74, 6) is -0.559. The highest BCUT2D eigenvalue weighted by Crippen LogP contribution is 2.24. The summed E-state index contributed by atoms with van der Waals surface area (Å²) < 4.78 is 13.2. The predicted octanol–water partition coefficient (Wildman–Crippen LogP) is 4.27. The van der Waals surface area contributed by atoms with Crippen LogP contribution in [0, 0.1) is 5.82 Å². The van der Waals surface area contributed by atoms with Crippen molar-refractivity contribution in [2.75, 3.05) is 10.6 Å². The number of aliphatic hydroxyl groups excluding tert-OH is 1. The highest BCUT2D eigenvalue weighted by atomic mass is 35.5. The summed E-state index contributed by atoms with van der Waals surface area (Å²) >= 11 is 11.6. The molecule has 0 saturated heterocycles. The molecule has 0 unspecified atom stereocenters. The zero-order valence-corrected chi connectivity index (χ0v) is 12.2. The number of nitrogens with one attached hydrogen (secondary N) is 2. The summed E-state index contributed by atoms with van der Waals surface area (Å²) in [5, 5.41) is 14.7. The Kier molecular flexibility index (Phi) is 5.01. The second-order valence-corrected chi connectivity index (χ2v) is 5.00. The summed E-state index contributed by atoms with van der Waals surface area (Å²) in [6, 6.07) is 7.90. The standard InChI is InChI=1S/C14H11Cl2FN2O2/c15-8-4-9(17)6-10(5-8)18-14(21)19-13-3-1-2-12(16)11(13)7-20/h1-6,20H,7H2,(H2,18,19,21). The van der Waals surface area contributed by atoms with Crippen molar-refractivity contribution in [3.8, 4) is 0 Å². The van der Waals surface area contributed by atoms with Crippen LogP contribution in [0.5, 0.6) is 0 Å². The smallest absolute Gasteiger partial charge is 0.323 e. The second kappa shape index (κ2) is 6.76. The van der Waals surface area contributed by atoms with E-state index in [-0.39, 0.29) is 17.3 Å². The van der Waals surface area contributed by atoms with Gasteiger partial charge in [0.15, 0.2) is 0 Å². The van der Waals surface area contributed by atoms with Crippen molar-refractivity contribution < 1.29 is 14.3 Å². The highest BCUT2D eigenvalue weighted by Gasteiger charge is 2.10. The van der Waals surface area contributed by atoms with Crippen molar-refractivity contribution >= 4 is 40.6 Å². The van der Waals surface area contributed by atoms with Crippen molar-refractivity contribution in [2.24, 2.45) is 0 Å². The Hall–Kier alpha value is -1.82. The number of carbonyl (C=O) groups excluding carboxylic acids is 1. The summed E-state index contributed by atoms with van der Waals surface area (Å²) in [7, 11) is 0. The molecule has 2 rings (SSSR count). The lowest BCUT2D eigenvalue weighted by atomic mass is 10.2. The van der Waals surface area contributed by atoms with Crippen LogP contribution >= 0.6 is 23.2 Å². The zero-order valence-electron chi connectivity index (χ0n) is 10.7. The van der Waals surface area contributed by atoms with E-state index in [0.717, 1.165) is 12.1 Å². The van der Waals surface area contributed by atoms with Crippen molar-refractivity contribution in [3.63, 3.8) is 0 Å². The number of halogens is 3. The first kappa shape index (κ1) is 15.6. The lowest BCUT2D eigenvalue weighted by Gasteiger charge is -2.12. The van der Waals surface area contributed by atoms with Gasteiger partial charge in [-0.3, -0.25) is 0 Å². The summed E-state index contributed by atoms with van der Waals surface area (Å²) in [6.45, 7) is -0.318. The van der Waals surface area contributed by atoms with Crippen LogP contribution in [0.1, 0.15) is 5.56 Å². The van der Waals surface area contributed by atoms with Gasteiger partial charge in [-0.15, -0.1) is 0 Å². The van der Waals surface area contributed by atoms with Crippen LogP contribution in [0.2, 0.25) is 10.0 Å². The first-order valence-corrected chi connectivity index (χ1v) is 6.67. The fourth-order valence-electron chi connectivity index (χ4n) is 1.75. The molecule has 2 aromatic rings. The third-order valence-corrected chi connectivity index (χ3v) is 3.22. The van der Waals surface area contributed by atoms with Gasteiger partial charge in [-0.25, -0.2) is 9.18 Å². The highest BCUT2D eigenvalue weighted by molar-refractivity contribution is 6.32. The largest absolute Gasteiger partial charge is 0.392 e. The number of hydrogen-bond donors (Lipinski definition) is 3. The number of hydrogen-bond acceptors (Lipinski definition) is 2. The molecular formula is C14H11Cl2FN2O2. The molecule has 0 radical (unpaired) electrons. The van der Waals surface area contributed by atoms with E-state index >= 15 is 0 Å². The van der Waals surface area contributed by atoms with Crippen molar-refractivity contribution in [2.45, 2.75) is 6.61 Å². The molecule has 0 heterocycles. The molecule has 0 fully saturated rings. The maximum atomic E-state index is 13.2. The molecule has 4 nitrogen and oxygen atoms in total. The molecule has 0 aromatic heterocycles. The second-order valence-electron chi connectivity index (χ2n) is 4.16. The monoisotopic (exact) mass is 328 g/mol. The van der Waals surface area contributed by atoms with Crippen molar-refractivity contribution in [1.82, 2.24) is 0 Å². The van der Waals surface area contributed by atoms with Gasteiger partial charge in [0.1, 0.15) is 5.82 Å². The molecule has 0 saturated carbocycles. The summed E-state index contributed by atoms with van der Waals surface area (Å²) in [5.41, 5.74) is 0.974. The van der Waals surface area contributed by atoms with E-state index in [4.69, 9.17) is 23.2 Å². The lowest BCUT2D eigenvalue weighted by Crippen LogP contribution is -2.20. The van der Waals surface area contributed by atoms with Gasteiger partial charge in [-0.1, -0.05) is 29.3 Å². The fraction of sp³-hybridized carbons (Fsp3) is 0.0714. The van der Waals surface area contributed by atoms with E-state index in [1.807, 2.05) is 0 Å². The molecular weight excluding hydrogens is 318 g/mol. The van der Waals surface area contributed by atoms with Gasteiger partial charge in [0, 0.05) is 27.0 Å². The number of carbonyl (C=O) groups is 1. The minimum Gasteiger partial charge on any atom is -0.392 e. The van der Waals surface area contributed by atoms with Crippen LogP contribution in [0.4, 0.5) is 20.6 Å². The molecule has 0 atom stereocenters. The molecule has 21 heavy (non-hydrogen) atoms. The zero-order chi connectivity index (χ0) is 15.4. The number of amides is 2. The quantitative estimate of drug-likeness (QED) is 0.787. The van der Waals surface area contributed by atoms with E-state index in [1.165, 1.54) is 6.07 Å². The molecule has 0 aliphatic heterocycles. The molecule has 0 spiro atoms. The average molecular weight is 329 g/mol. The Morgan fingerprint density at radius 3 is 2.62 bits per heavy atom. The Morgan fingerprint density at radius 2 is 1.95 bits per heavy atom. The molecule has 2 amide bonds. The van der Waals surface area contributed by atoms with Gasteiger partial charge in [0.25, 0.3) is 0 Å². The van der Waals surface area contributed by atoms with Gasteiger partial charge in [-0.05, 0) is 30.3 Å². The van der Waals surface area contributed by atoms with Crippen molar-refractivity contribution in [1.29, 1.82) is 0 Å². The first-order valence-electron chi connectivity index (χ1n) is 5.92. The first-order chi connectivity index (χ1) is 9.99. The number of benzene rings is 2. The van der Waals surface area contributed by atoms with Gasteiger partial charge in [0.2, 0.25) is 0 Å². The van der Waals surface area contributed by atoms with E-state index in [2.05, 4.69) is 10.6 Å². The fourth-order valence-corrected chi connectivity index (χ4v) is 2.20. The predicted molar refractivity (Wildman–Crippen MR) is 81.4 cm³/mol. The lowest BCUT2D eigenvalue weighted by molar-refractivity contribution is 0.262. The molecule has 3 N–H and O–H groups in total. The van der Waals surface area contributed by atoms with Gasteiger partial charge >= 0.3 is 6.03 Å². The third-order valence-electron chi connectivity index (χ3n) is 2.65. The van der Waals surface area contributed by atoms with Gasteiger partial charge in [0.05, 0.1) is 6.61 Å². The molecule has 0 aliphatic carbocycles. The Labute approximate surface area is 130 Å². The van der Waals surface area contributed by atoms with E-state index in [1.54, 1.807) is 18.2 Å². The van der Waals surface area contributed by atoms with Crippen LogP contribution in [0.25, 0.3) is 0 Å². The maximum absolute atomic E-state index is 13.2. The SMILES string of the molecule is O=C(Nc1cc(F)cc(Cl)c1)Nc1cccc(Cl)c1CO. The Morgan fingerprint density at radius 1 is 1.19 bits per heavy atom. The van der Waals surface area contributed by atoms with Gasteiger partial charge in [-0.2, -0.15) is 0 Å². The number of anilines is 2. The van der Waals surface area contributed by atoms with Crippen LogP contribution in [-0.4, -0.2) is 11.1 Å². The number of aliphatic hydroxyl groups is 1. The summed E-state index contributed by atoms with van der Waals surface area (Å²) in [4.78, 5) is 11.9. The van der Waals surface area contributed by atoms with E-state index in [0.29, 0.717) is 16.3 Å². The molecule has 110 valence electrons. The topological polar surface area (TPSA) is 61.4 Å². The minimum absolute atomic E-state index is 0.170.